The highest BCUT2D eigenvalue weighted by atomic mass is 16.5. The first-order valence-corrected chi connectivity index (χ1v) is 11.1. The molecular weight excluding hydrogens is 426 g/mol. The number of Topliss-reactive ketones (excluding diaryl/α,β-unsaturated/α-hetero) is 1. The van der Waals surface area contributed by atoms with E-state index in [1.165, 1.54) is 25.7 Å². The number of rotatable bonds is 8. The van der Waals surface area contributed by atoms with Crippen molar-refractivity contribution in [2.45, 2.75) is 57.5 Å². The first-order chi connectivity index (χ1) is 15.8. The number of nitrogens with zero attached hydrogens (tertiary/aromatic N) is 2. The van der Waals surface area contributed by atoms with E-state index in [0.717, 1.165) is 11.8 Å². The predicted octanol–water partition coefficient (Wildman–Crippen LogP) is 2.20. The molecule has 2 N–H and O–H groups in total. The summed E-state index contributed by atoms with van der Waals surface area (Å²) in [6.45, 7) is 2.04. The molecule has 0 radical (unpaired) electrons. The van der Waals surface area contributed by atoms with Gasteiger partial charge in [-0.3, -0.25) is 14.4 Å². The van der Waals surface area contributed by atoms with Gasteiger partial charge in [0.05, 0.1) is 38.2 Å². The summed E-state index contributed by atoms with van der Waals surface area (Å²) in [6.07, 6.45) is 2.20. The zero-order valence-electron chi connectivity index (χ0n) is 19.3. The van der Waals surface area contributed by atoms with Crippen LogP contribution in [0.3, 0.4) is 0 Å². The van der Waals surface area contributed by atoms with Gasteiger partial charge in [0.2, 0.25) is 5.91 Å². The average molecular weight is 458 g/mol. The van der Waals surface area contributed by atoms with E-state index in [1.54, 1.807) is 11.0 Å². The SMILES string of the molecule is COC(=O)Cc1c(CCCC(N)C(=O)C2CCCN2C(C)=O)n(C(=O)OC)c2ccccc12. The van der Waals surface area contributed by atoms with Gasteiger partial charge in [0, 0.05) is 24.5 Å². The predicted molar refractivity (Wildman–Crippen MR) is 122 cm³/mol. The van der Waals surface area contributed by atoms with E-state index in [9.17, 15) is 19.2 Å². The molecule has 0 saturated carbocycles. The number of carbonyl (C=O) groups is 4. The third kappa shape index (κ3) is 5.08. The van der Waals surface area contributed by atoms with Crippen LogP contribution in [0, 0.1) is 0 Å². The van der Waals surface area contributed by atoms with Crippen LogP contribution >= 0.6 is 0 Å². The largest absolute Gasteiger partial charge is 0.469 e. The molecule has 1 aromatic carbocycles. The van der Waals surface area contributed by atoms with E-state index in [4.69, 9.17) is 15.2 Å². The number of methoxy groups -OCH3 is 2. The number of esters is 1. The molecule has 1 saturated heterocycles. The summed E-state index contributed by atoms with van der Waals surface area (Å²) >= 11 is 0. The summed E-state index contributed by atoms with van der Waals surface area (Å²) in [5.74, 6) is -0.666. The minimum absolute atomic E-state index is 0.0109. The molecule has 9 heteroatoms. The van der Waals surface area contributed by atoms with Crippen LogP contribution in [0.4, 0.5) is 4.79 Å². The van der Waals surface area contributed by atoms with E-state index < -0.39 is 24.1 Å². The molecule has 0 aliphatic carbocycles. The number of hydrogen-bond donors (Lipinski definition) is 1. The Morgan fingerprint density at radius 3 is 2.55 bits per heavy atom. The van der Waals surface area contributed by atoms with Crippen molar-refractivity contribution < 1.29 is 28.7 Å². The Morgan fingerprint density at radius 2 is 1.88 bits per heavy atom. The Balaban J connectivity index is 1.82. The molecule has 0 spiro atoms. The molecule has 1 aliphatic rings. The Labute approximate surface area is 192 Å². The molecule has 1 aliphatic heterocycles. The van der Waals surface area contributed by atoms with Gasteiger partial charge in [-0.25, -0.2) is 9.36 Å². The van der Waals surface area contributed by atoms with Crippen LogP contribution in [-0.2, 0) is 36.7 Å². The van der Waals surface area contributed by atoms with E-state index in [-0.39, 0.29) is 18.1 Å². The fourth-order valence-corrected chi connectivity index (χ4v) is 4.65. The number of carbonyl (C=O) groups excluding carboxylic acids is 4. The lowest BCUT2D eigenvalue weighted by Gasteiger charge is -2.24. The second kappa shape index (κ2) is 10.6. The minimum atomic E-state index is -0.713. The van der Waals surface area contributed by atoms with Gasteiger partial charge in [0.25, 0.3) is 0 Å². The van der Waals surface area contributed by atoms with Crippen LogP contribution in [0.25, 0.3) is 10.9 Å². The summed E-state index contributed by atoms with van der Waals surface area (Å²) in [5, 5.41) is 0.770. The van der Waals surface area contributed by atoms with Crippen LogP contribution in [0.15, 0.2) is 24.3 Å². The van der Waals surface area contributed by atoms with Crippen LogP contribution < -0.4 is 5.73 Å². The highest BCUT2D eigenvalue weighted by Gasteiger charge is 2.34. The minimum Gasteiger partial charge on any atom is -0.469 e. The van der Waals surface area contributed by atoms with Crippen LogP contribution in [-0.4, -0.2) is 66.1 Å². The normalized spacial score (nSPS) is 16.6. The number of likely N-dealkylation sites (tertiary alicyclic amines) is 1. The number of benzene rings is 1. The van der Waals surface area contributed by atoms with Crippen LogP contribution in [0.5, 0.6) is 0 Å². The quantitative estimate of drug-likeness (QED) is 0.603. The molecule has 2 aromatic rings. The summed E-state index contributed by atoms with van der Waals surface area (Å²) in [4.78, 5) is 50.9. The van der Waals surface area contributed by atoms with Crippen molar-refractivity contribution in [1.82, 2.24) is 9.47 Å². The molecule has 2 heterocycles. The summed E-state index contributed by atoms with van der Waals surface area (Å²) in [6, 6.07) is 6.12. The van der Waals surface area contributed by atoms with Crippen molar-refractivity contribution in [1.29, 1.82) is 0 Å². The van der Waals surface area contributed by atoms with E-state index in [2.05, 4.69) is 0 Å². The van der Waals surface area contributed by atoms with Crippen molar-refractivity contribution in [3.63, 3.8) is 0 Å². The number of amides is 1. The summed E-state index contributed by atoms with van der Waals surface area (Å²) in [7, 11) is 2.62. The van der Waals surface area contributed by atoms with Crippen molar-refractivity contribution in [3.05, 3.63) is 35.5 Å². The van der Waals surface area contributed by atoms with Crippen LogP contribution in [0.1, 0.15) is 43.9 Å². The van der Waals surface area contributed by atoms with Crippen molar-refractivity contribution >= 4 is 34.7 Å². The molecule has 9 nitrogen and oxygen atoms in total. The standard InChI is InChI=1S/C24H31N3O6/c1-15(28)26-13-7-12-21(26)23(30)18(25)9-6-11-20-17(14-22(29)32-2)16-8-4-5-10-19(16)27(20)24(31)33-3/h4-5,8,10,18,21H,6-7,9,11-14,25H2,1-3H3. The highest BCUT2D eigenvalue weighted by Crippen LogP contribution is 2.29. The fraction of sp³-hybridized carbons (Fsp3) is 0.500. The van der Waals surface area contributed by atoms with Gasteiger partial charge in [-0.05, 0) is 43.7 Å². The molecule has 3 rings (SSSR count). The fourth-order valence-electron chi connectivity index (χ4n) is 4.65. The van der Waals surface area contributed by atoms with Gasteiger partial charge in [-0.1, -0.05) is 18.2 Å². The monoisotopic (exact) mass is 457 g/mol. The smallest absolute Gasteiger partial charge is 0.418 e. The first-order valence-electron chi connectivity index (χ1n) is 11.1. The Morgan fingerprint density at radius 1 is 1.15 bits per heavy atom. The number of para-hydroxylation sites is 1. The molecule has 33 heavy (non-hydrogen) atoms. The Hall–Kier alpha value is -3.20. The molecule has 0 bridgehead atoms. The number of aromatic nitrogens is 1. The second-order valence-electron chi connectivity index (χ2n) is 8.27. The lowest BCUT2D eigenvalue weighted by Crippen LogP contribution is -2.46. The van der Waals surface area contributed by atoms with Crippen molar-refractivity contribution in [2.75, 3.05) is 20.8 Å². The van der Waals surface area contributed by atoms with Gasteiger partial charge in [-0.2, -0.15) is 0 Å². The number of fused-ring (bicyclic) bond motifs is 1. The van der Waals surface area contributed by atoms with Gasteiger partial charge < -0.3 is 20.1 Å². The number of ketones is 1. The van der Waals surface area contributed by atoms with Gasteiger partial charge in [0.1, 0.15) is 0 Å². The number of hydrogen-bond acceptors (Lipinski definition) is 7. The van der Waals surface area contributed by atoms with E-state index >= 15 is 0 Å². The molecular formula is C24H31N3O6. The maximum atomic E-state index is 12.9. The maximum absolute atomic E-state index is 12.9. The number of nitrogens with two attached hydrogens (primary N) is 1. The molecule has 1 fully saturated rings. The molecule has 178 valence electrons. The number of ether oxygens (including phenoxy) is 2. The van der Waals surface area contributed by atoms with E-state index in [1.807, 2.05) is 18.2 Å². The van der Waals surface area contributed by atoms with Crippen molar-refractivity contribution in [2.24, 2.45) is 5.73 Å². The molecule has 2 atom stereocenters. The first kappa shape index (κ1) is 24.4. The topological polar surface area (TPSA) is 121 Å². The zero-order chi connectivity index (χ0) is 24.1. The van der Waals surface area contributed by atoms with Gasteiger partial charge in [-0.15, -0.1) is 0 Å². The van der Waals surface area contributed by atoms with Gasteiger partial charge in [0.15, 0.2) is 5.78 Å². The lowest BCUT2D eigenvalue weighted by atomic mass is 9.97. The van der Waals surface area contributed by atoms with E-state index in [0.29, 0.717) is 49.0 Å². The zero-order valence-corrected chi connectivity index (χ0v) is 19.3. The third-order valence-corrected chi connectivity index (χ3v) is 6.27. The van der Waals surface area contributed by atoms with Crippen LogP contribution in [0.2, 0.25) is 0 Å². The molecule has 2 unspecified atom stereocenters. The second-order valence-corrected chi connectivity index (χ2v) is 8.27. The highest BCUT2D eigenvalue weighted by molar-refractivity contribution is 5.96. The summed E-state index contributed by atoms with van der Waals surface area (Å²) in [5.41, 5.74) is 8.18. The Bertz CT molecular complexity index is 1060. The Kier molecular flexibility index (Phi) is 7.86. The molecule has 1 amide bonds. The van der Waals surface area contributed by atoms with Crippen molar-refractivity contribution in [3.8, 4) is 0 Å². The maximum Gasteiger partial charge on any atom is 0.418 e. The average Bonchev–Trinajstić information content (AvgIpc) is 3.42. The van der Waals surface area contributed by atoms with Gasteiger partial charge >= 0.3 is 12.1 Å². The molecule has 1 aromatic heterocycles. The lowest BCUT2D eigenvalue weighted by molar-refractivity contribution is -0.139. The summed E-state index contributed by atoms with van der Waals surface area (Å²) < 4.78 is 11.3. The third-order valence-electron chi connectivity index (χ3n) is 6.27.